The molecule has 0 aromatic heterocycles. The summed E-state index contributed by atoms with van der Waals surface area (Å²) >= 11 is 0. The van der Waals surface area contributed by atoms with Crippen molar-refractivity contribution in [2.24, 2.45) is 0 Å². The first-order valence-electron chi connectivity index (χ1n) is 3.35. The molecule has 0 radical (unpaired) electrons. The lowest BCUT2D eigenvalue weighted by Gasteiger charge is -1.90. The van der Waals surface area contributed by atoms with Gasteiger partial charge in [-0.1, -0.05) is 0 Å². The number of hydrogen-bond acceptors (Lipinski definition) is 0. The molecule has 1 heteroatoms. The summed E-state index contributed by atoms with van der Waals surface area (Å²) in [5.41, 5.74) is 1.45. The summed E-state index contributed by atoms with van der Waals surface area (Å²) in [5.74, 6) is 2.65. The molecule has 0 spiro atoms. The summed E-state index contributed by atoms with van der Waals surface area (Å²) < 4.78 is 2.26. The quantitative estimate of drug-likeness (QED) is 0.359. The topological polar surface area (TPSA) is 3.01 Å². The van der Waals surface area contributed by atoms with Gasteiger partial charge in [0.15, 0.2) is 0 Å². The van der Waals surface area contributed by atoms with E-state index < -0.39 is 0 Å². The van der Waals surface area contributed by atoms with Crippen LogP contribution in [0.1, 0.15) is 19.8 Å². The Balaban J connectivity index is 2.58. The van der Waals surface area contributed by atoms with Crippen LogP contribution in [0.5, 0.6) is 0 Å². The molecule has 0 unspecified atom stereocenters. The molecule has 1 rings (SSSR count). The van der Waals surface area contributed by atoms with Crippen LogP contribution >= 0.6 is 0 Å². The molecule has 0 amide bonds. The van der Waals surface area contributed by atoms with E-state index in [1.54, 1.807) is 0 Å². The van der Waals surface area contributed by atoms with Gasteiger partial charge in [-0.15, -0.1) is 6.42 Å². The van der Waals surface area contributed by atoms with Crippen molar-refractivity contribution in [1.29, 1.82) is 0 Å². The number of terminal acetylenes is 1. The number of hydrogen-bond donors (Lipinski definition) is 0. The summed E-state index contributed by atoms with van der Waals surface area (Å²) in [5, 5.41) is 0. The smallest absolute Gasteiger partial charge is 0.203 e. The first-order valence-corrected chi connectivity index (χ1v) is 3.35. The van der Waals surface area contributed by atoms with Crippen LogP contribution in [0.3, 0.4) is 0 Å². The first kappa shape index (κ1) is 6.35. The molecule has 0 saturated carbocycles. The van der Waals surface area contributed by atoms with Crippen LogP contribution in [-0.2, 0) is 0 Å². The average Bonchev–Trinajstić information content (AvgIpc) is 2.18. The van der Waals surface area contributed by atoms with Gasteiger partial charge in [0, 0.05) is 19.8 Å². The SMILES string of the molecule is C#CC[N+]1=C(C)CCC1. The fourth-order valence-corrected chi connectivity index (χ4v) is 1.20. The van der Waals surface area contributed by atoms with Gasteiger partial charge in [-0.25, -0.2) is 4.58 Å². The van der Waals surface area contributed by atoms with Gasteiger partial charge in [-0.3, -0.25) is 0 Å². The fraction of sp³-hybridized carbons (Fsp3) is 0.625. The van der Waals surface area contributed by atoms with Gasteiger partial charge in [0.2, 0.25) is 6.54 Å². The molecule has 0 saturated heterocycles. The van der Waals surface area contributed by atoms with Gasteiger partial charge in [0.1, 0.15) is 12.3 Å². The van der Waals surface area contributed by atoms with Crippen molar-refractivity contribution >= 4 is 5.71 Å². The van der Waals surface area contributed by atoms with Gasteiger partial charge >= 0.3 is 0 Å². The van der Waals surface area contributed by atoms with Crippen LogP contribution in [0, 0.1) is 12.3 Å². The van der Waals surface area contributed by atoms with E-state index in [4.69, 9.17) is 6.42 Å². The predicted octanol–water partition coefficient (Wildman–Crippen LogP) is 0.887. The predicted molar refractivity (Wildman–Crippen MR) is 38.7 cm³/mol. The van der Waals surface area contributed by atoms with E-state index in [1.165, 1.54) is 18.6 Å². The summed E-state index contributed by atoms with van der Waals surface area (Å²) in [7, 11) is 0. The maximum Gasteiger partial charge on any atom is 0.203 e. The third-order valence-electron chi connectivity index (χ3n) is 1.79. The molecule has 1 nitrogen and oxygen atoms in total. The molecule has 0 aliphatic carbocycles. The third kappa shape index (κ3) is 1.32. The van der Waals surface area contributed by atoms with Crippen molar-refractivity contribution in [1.82, 2.24) is 0 Å². The van der Waals surface area contributed by atoms with Crippen LogP contribution in [-0.4, -0.2) is 23.4 Å². The van der Waals surface area contributed by atoms with E-state index in [1.807, 2.05) is 0 Å². The minimum atomic E-state index is 0.797. The molecule has 0 atom stereocenters. The molecule has 0 aromatic rings. The van der Waals surface area contributed by atoms with Crippen molar-refractivity contribution in [3.05, 3.63) is 0 Å². The van der Waals surface area contributed by atoms with E-state index in [2.05, 4.69) is 17.4 Å². The molecule has 0 fully saturated rings. The van der Waals surface area contributed by atoms with Gasteiger partial charge in [-0.2, -0.15) is 0 Å². The summed E-state index contributed by atoms with van der Waals surface area (Å²) in [4.78, 5) is 0. The van der Waals surface area contributed by atoms with Crippen LogP contribution < -0.4 is 0 Å². The van der Waals surface area contributed by atoms with E-state index in [-0.39, 0.29) is 0 Å². The lowest BCUT2D eigenvalue weighted by molar-refractivity contribution is -0.507. The molecular formula is C8H12N+. The monoisotopic (exact) mass is 122 g/mol. The second-order valence-corrected chi connectivity index (χ2v) is 2.46. The highest BCUT2D eigenvalue weighted by atomic mass is 15.0. The largest absolute Gasteiger partial charge is 0.226 e. The second-order valence-electron chi connectivity index (χ2n) is 2.46. The molecule has 9 heavy (non-hydrogen) atoms. The third-order valence-corrected chi connectivity index (χ3v) is 1.79. The van der Waals surface area contributed by atoms with Crippen molar-refractivity contribution in [2.45, 2.75) is 19.8 Å². The molecule has 0 aromatic carbocycles. The van der Waals surface area contributed by atoms with E-state index in [9.17, 15) is 0 Å². The van der Waals surface area contributed by atoms with Crippen LogP contribution in [0.15, 0.2) is 0 Å². The second kappa shape index (κ2) is 2.68. The van der Waals surface area contributed by atoms with E-state index in [0.717, 1.165) is 13.1 Å². The van der Waals surface area contributed by atoms with E-state index in [0.29, 0.717) is 0 Å². The molecule has 1 aliphatic rings. The normalized spacial score (nSPS) is 18.2. The highest BCUT2D eigenvalue weighted by Gasteiger charge is 2.15. The standard InChI is InChI=1S/C8H12N/c1-3-6-9-7-4-5-8(9)2/h1H,4-7H2,2H3/q+1. The zero-order valence-electron chi connectivity index (χ0n) is 5.85. The highest BCUT2D eigenvalue weighted by Crippen LogP contribution is 2.02. The summed E-state index contributed by atoms with van der Waals surface area (Å²) in [6, 6.07) is 0. The Labute approximate surface area is 56.4 Å². The maximum atomic E-state index is 5.17. The van der Waals surface area contributed by atoms with Crippen molar-refractivity contribution in [3.8, 4) is 12.3 Å². The molecule has 1 aliphatic heterocycles. The zero-order valence-corrected chi connectivity index (χ0v) is 5.85. The Morgan fingerprint density at radius 2 is 2.56 bits per heavy atom. The lowest BCUT2D eigenvalue weighted by atomic mass is 10.3. The lowest BCUT2D eigenvalue weighted by Crippen LogP contribution is -2.12. The van der Waals surface area contributed by atoms with Crippen LogP contribution in [0.4, 0.5) is 0 Å². The van der Waals surface area contributed by atoms with E-state index >= 15 is 0 Å². The van der Waals surface area contributed by atoms with Gasteiger partial charge in [0.05, 0.1) is 0 Å². The van der Waals surface area contributed by atoms with Crippen molar-refractivity contribution in [2.75, 3.05) is 13.1 Å². The molecule has 1 heterocycles. The van der Waals surface area contributed by atoms with Crippen molar-refractivity contribution < 1.29 is 4.58 Å². The Morgan fingerprint density at radius 3 is 3.00 bits per heavy atom. The molecule has 0 bridgehead atoms. The van der Waals surface area contributed by atoms with Crippen LogP contribution in [0.2, 0.25) is 0 Å². The molecule has 48 valence electrons. The number of rotatable bonds is 1. The Kier molecular flexibility index (Phi) is 1.89. The molecular weight excluding hydrogens is 110 g/mol. The Hall–Kier alpha value is -0.770. The first-order chi connectivity index (χ1) is 4.34. The van der Waals surface area contributed by atoms with Gasteiger partial charge in [-0.05, 0) is 5.92 Å². The zero-order chi connectivity index (χ0) is 6.69. The fourth-order valence-electron chi connectivity index (χ4n) is 1.20. The minimum absolute atomic E-state index is 0.797. The average molecular weight is 122 g/mol. The minimum Gasteiger partial charge on any atom is -0.226 e. The molecule has 0 N–H and O–H groups in total. The van der Waals surface area contributed by atoms with Crippen LogP contribution in [0.25, 0.3) is 0 Å². The Bertz CT molecular complexity index is 171. The number of nitrogens with zero attached hydrogens (tertiary/aromatic N) is 1. The maximum absolute atomic E-state index is 5.17. The summed E-state index contributed by atoms with van der Waals surface area (Å²) in [6.45, 7) is 4.12. The van der Waals surface area contributed by atoms with Gasteiger partial charge < -0.3 is 0 Å². The summed E-state index contributed by atoms with van der Waals surface area (Å²) in [6.07, 6.45) is 7.69. The highest BCUT2D eigenvalue weighted by molar-refractivity contribution is 5.77. The van der Waals surface area contributed by atoms with Crippen molar-refractivity contribution in [3.63, 3.8) is 0 Å². The van der Waals surface area contributed by atoms with Gasteiger partial charge in [0.25, 0.3) is 0 Å². The Morgan fingerprint density at radius 1 is 1.78 bits per heavy atom.